The van der Waals surface area contributed by atoms with Gasteiger partial charge in [-0.2, -0.15) is 0 Å². The third kappa shape index (κ3) is 3.73. The van der Waals surface area contributed by atoms with Crippen LogP contribution in [0.15, 0.2) is 42.5 Å². The average molecular weight is 271 g/mol. The fraction of sp³-hybridized carbons (Fsp3) is 0.353. The summed E-state index contributed by atoms with van der Waals surface area (Å²) in [6, 6.07) is 6.21. The average Bonchev–Trinajstić information content (AvgIpc) is 2.43. The highest BCUT2D eigenvalue weighted by atomic mass is 15.1. The molecule has 0 amide bonds. The molecule has 20 heavy (non-hydrogen) atoms. The Labute approximate surface area is 122 Å². The van der Waals surface area contributed by atoms with E-state index >= 15 is 0 Å². The van der Waals surface area contributed by atoms with E-state index < -0.39 is 0 Å². The Kier molecular flexibility index (Phi) is 6.04. The maximum atomic E-state index is 4.60. The highest BCUT2D eigenvalue weighted by molar-refractivity contribution is 6.01. The number of aliphatic imine (C=N–C) groups is 1. The lowest BCUT2D eigenvalue weighted by Gasteiger charge is -2.20. The molecule has 0 bridgehead atoms. The predicted molar refractivity (Wildman–Crippen MR) is 88.9 cm³/mol. The second kappa shape index (κ2) is 7.53. The fourth-order valence-corrected chi connectivity index (χ4v) is 1.97. The van der Waals surface area contributed by atoms with E-state index in [2.05, 4.69) is 49.4 Å². The van der Waals surface area contributed by atoms with Gasteiger partial charge >= 0.3 is 0 Å². The standard InChI is InChI=1S/C17H25N3/c1-7-12-19-17(18-8-2)16-11-9-10-15(13(16)3)14(4)20(5)6/h8-11H,2,4,7,12H2,1,3,5-6H3,(H,18,19). The van der Waals surface area contributed by atoms with Crippen LogP contribution in [0, 0.1) is 6.92 Å². The Morgan fingerprint density at radius 1 is 1.35 bits per heavy atom. The number of nitrogens with zero attached hydrogens (tertiary/aromatic N) is 2. The first kappa shape index (κ1) is 16.0. The molecule has 3 heteroatoms. The van der Waals surface area contributed by atoms with Crippen molar-refractivity contribution in [3.63, 3.8) is 0 Å². The first-order valence-corrected chi connectivity index (χ1v) is 6.91. The van der Waals surface area contributed by atoms with Crippen molar-refractivity contribution in [2.45, 2.75) is 20.3 Å². The molecule has 0 spiro atoms. The monoisotopic (exact) mass is 271 g/mol. The Morgan fingerprint density at radius 3 is 2.55 bits per heavy atom. The number of amidine groups is 1. The third-order valence-electron chi connectivity index (χ3n) is 3.17. The molecule has 0 fully saturated rings. The van der Waals surface area contributed by atoms with E-state index in [0.717, 1.165) is 35.6 Å². The summed E-state index contributed by atoms with van der Waals surface area (Å²) in [6.07, 6.45) is 2.69. The van der Waals surface area contributed by atoms with Gasteiger partial charge in [0.05, 0.1) is 0 Å². The maximum absolute atomic E-state index is 4.60. The molecule has 1 N–H and O–H groups in total. The molecule has 0 aliphatic carbocycles. The van der Waals surface area contributed by atoms with Crippen LogP contribution in [0.1, 0.15) is 30.0 Å². The quantitative estimate of drug-likeness (QED) is 0.634. The first-order valence-electron chi connectivity index (χ1n) is 6.91. The molecule has 0 saturated heterocycles. The van der Waals surface area contributed by atoms with E-state index in [1.807, 2.05) is 25.1 Å². The maximum Gasteiger partial charge on any atom is 0.132 e. The Bertz CT molecular complexity index is 513. The molecule has 0 atom stereocenters. The molecule has 108 valence electrons. The van der Waals surface area contributed by atoms with Gasteiger partial charge in [-0.25, -0.2) is 0 Å². The molecule has 0 aliphatic heterocycles. The Balaban J connectivity index is 3.27. The summed E-state index contributed by atoms with van der Waals surface area (Å²) in [7, 11) is 4.01. The minimum atomic E-state index is 0.800. The molecule has 3 nitrogen and oxygen atoms in total. The zero-order chi connectivity index (χ0) is 15.1. The Hall–Kier alpha value is -2.03. The van der Waals surface area contributed by atoms with Crippen LogP contribution < -0.4 is 5.32 Å². The summed E-state index contributed by atoms with van der Waals surface area (Å²) in [5, 5.41) is 3.14. The predicted octanol–water partition coefficient (Wildman–Crippen LogP) is 3.42. The summed E-state index contributed by atoms with van der Waals surface area (Å²) >= 11 is 0. The fourth-order valence-electron chi connectivity index (χ4n) is 1.97. The van der Waals surface area contributed by atoms with Gasteiger partial charge in [0.2, 0.25) is 0 Å². The van der Waals surface area contributed by atoms with E-state index in [-0.39, 0.29) is 0 Å². The van der Waals surface area contributed by atoms with Crippen molar-refractivity contribution in [1.82, 2.24) is 10.2 Å². The van der Waals surface area contributed by atoms with Crippen LogP contribution in [0.3, 0.4) is 0 Å². The van der Waals surface area contributed by atoms with Crippen molar-refractivity contribution in [3.8, 4) is 0 Å². The highest BCUT2D eigenvalue weighted by Gasteiger charge is 2.11. The zero-order valence-corrected chi connectivity index (χ0v) is 13.0. The zero-order valence-electron chi connectivity index (χ0n) is 13.0. The van der Waals surface area contributed by atoms with Crippen LogP contribution in [0.5, 0.6) is 0 Å². The molecule has 0 radical (unpaired) electrons. The van der Waals surface area contributed by atoms with Gasteiger partial charge in [-0.3, -0.25) is 4.99 Å². The Morgan fingerprint density at radius 2 is 2.00 bits per heavy atom. The second-order valence-electron chi connectivity index (χ2n) is 4.90. The van der Waals surface area contributed by atoms with E-state index in [4.69, 9.17) is 0 Å². The van der Waals surface area contributed by atoms with E-state index in [1.165, 1.54) is 5.56 Å². The SMILES string of the molecule is C=CNC(=NCCC)c1cccc(C(=C)N(C)C)c1C. The minimum Gasteiger partial charge on any atom is -0.378 e. The lowest BCUT2D eigenvalue weighted by Crippen LogP contribution is -2.21. The van der Waals surface area contributed by atoms with Gasteiger partial charge in [0.25, 0.3) is 0 Å². The highest BCUT2D eigenvalue weighted by Crippen LogP contribution is 2.22. The summed E-state index contributed by atoms with van der Waals surface area (Å²) in [6.45, 7) is 12.9. The molecule has 0 unspecified atom stereocenters. The summed E-state index contributed by atoms with van der Waals surface area (Å²) in [5.41, 5.74) is 4.41. The van der Waals surface area contributed by atoms with E-state index in [9.17, 15) is 0 Å². The van der Waals surface area contributed by atoms with Gasteiger partial charge < -0.3 is 10.2 Å². The van der Waals surface area contributed by atoms with Crippen LogP contribution in [0.25, 0.3) is 5.70 Å². The molecule has 1 aromatic rings. The largest absolute Gasteiger partial charge is 0.378 e. The van der Waals surface area contributed by atoms with E-state index in [1.54, 1.807) is 6.20 Å². The lowest BCUT2D eigenvalue weighted by molar-refractivity contribution is 0.593. The van der Waals surface area contributed by atoms with Crippen LogP contribution in [-0.2, 0) is 0 Å². The summed E-state index contributed by atoms with van der Waals surface area (Å²) in [5.74, 6) is 0.868. The molecule has 1 rings (SSSR count). The van der Waals surface area contributed by atoms with Gasteiger partial charge in [0.1, 0.15) is 5.84 Å². The third-order valence-corrected chi connectivity index (χ3v) is 3.17. The number of hydrogen-bond acceptors (Lipinski definition) is 2. The number of nitrogens with one attached hydrogen (secondary N) is 1. The van der Waals surface area contributed by atoms with Crippen molar-refractivity contribution in [2.75, 3.05) is 20.6 Å². The van der Waals surface area contributed by atoms with E-state index in [0.29, 0.717) is 0 Å². The summed E-state index contributed by atoms with van der Waals surface area (Å²) < 4.78 is 0. The molecule has 0 heterocycles. The molecular weight excluding hydrogens is 246 g/mol. The number of rotatable bonds is 6. The first-order chi connectivity index (χ1) is 9.52. The molecular formula is C17H25N3. The van der Waals surface area contributed by atoms with Gasteiger partial charge in [-0.15, -0.1) is 0 Å². The lowest BCUT2D eigenvalue weighted by atomic mass is 9.99. The topological polar surface area (TPSA) is 27.6 Å². The van der Waals surface area contributed by atoms with Crippen LogP contribution in [-0.4, -0.2) is 31.4 Å². The second-order valence-corrected chi connectivity index (χ2v) is 4.90. The van der Waals surface area contributed by atoms with Crippen molar-refractivity contribution in [2.24, 2.45) is 4.99 Å². The van der Waals surface area contributed by atoms with Gasteiger partial charge in [0, 0.05) is 37.5 Å². The summed E-state index contributed by atoms with van der Waals surface area (Å²) in [4.78, 5) is 6.62. The molecule has 1 aromatic carbocycles. The number of benzene rings is 1. The van der Waals surface area contributed by atoms with Gasteiger partial charge in [-0.05, 0) is 25.1 Å². The van der Waals surface area contributed by atoms with Crippen molar-refractivity contribution in [3.05, 3.63) is 54.2 Å². The van der Waals surface area contributed by atoms with Crippen LogP contribution in [0.4, 0.5) is 0 Å². The van der Waals surface area contributed by atoms with Crippen molar-refractivity contribution < 1.29 is 0 Å². The van der Waals surface area contributed by atoms with Gasteiger partial charge in [-0.1, -0.05) is 38.3 Å². The minimum absolute atomic E-state index is 0.800. The van der Waals surface area contributed by atoms with Crippen molar-refractivity contribution >= 4 is 11.5 Å². The van der Waals surface area contributed by atoms with Gasteiger partial charge in [0.15, 0.2) is 0 Å². The molecule has 0 aromatic heterocycles. The van der Waals surface area contributed by atoms with Crippen LogP contribution in [0.2, 0.25) is 0 Å². The van der Waals surface area contributed by atoms with Crippen molar-refractivity contribution in [1.29, 1.82) is 0 Å². The smallest absolute Gasteiger partial charge is 0.132 e. The van der Waals surface area contributed by atoms with Crippen LogP contribution >= 0.6 is 0 Å². The molecule has 0 saturated carbocycles. The molecule has 0 aliphatic rings. The number of hydrogen-bond donors (Lipinski definition) is 1. The normalized spacial score (nSPS) is 11.1.